The Bertz CT molecular complexity index is 188. The first-order chi connectivity index (χ1) is 4.70. The fraction of sp³-hybridized carbons (Fsp3) is 0.800. The van der Waals surface area contributed by atoms with Crippen LogP contribution >= 0.6 is 0 Å². The summed E-state index contributed by atoms with van der Waals surface area (Å²) >= 11 is 0. The van der Waals surface area contributed by atoms with E-state index in [2.05, 4.69) is 20.8 Å². The predicted octanol–water partition coefficient (Wildman–Crippen LogP) is 3.00. The Kier molecular flexibility index (Phi) is 1.21. The zero-order valence-corrected chi connectivity index (χ0v) is 7.15. The average Bonchev–Trinajstić information content (AvgIpc) is 2.36. The smallest absolute Gasteiger partial charge is 0.0172 e. The zero-order valence-electron chi connectivity index (χ0n) is 7.15. The van der Waals surface area contributed by atoms with Crippen molar-refractivity contribution in [3.63, 3.8) is 0 Å². The lowest BCUT2D eigenvalue weighted by molar-refractivity contribution is 0.464. The summed E-state index contributed by atoms with van der Waals surface area (Å²) in [6, 6.07) is 0. The molecule has 1 saturated carbocycles. The molecule has 2 aliphatic rings. The monoisotopic (exact) mass is 136 g/mol. The third kappa shape index (κ3) is 0.624. The SMILES string of the molecule is CC1=C(C)C2CC1CC2C. The Morgan fingerprint density at radius 3 is 2.20 bits per heavy atom. The van der Waals surface area contributed by atoms with Gasteiger partial charge in [0, 0.05) is 0 Å². The van der Waals surface area contributed by atoms with Crippen molar-refractivity contribution in [1.82, 2.24) is 0 Å². The number of rotatable bonds is 0. The van der Waals surface area contributed by atoms with Crippen LogP contribution in [0.25, 0.3) is 0 Å². The van der Waals surface area contributed by atoms with Crippen molar-refractivity contribution in [1.29, 1.82) is 0 Å². The maximum absolute atomic E-state index is 2.40. The molecule has 0 amide bonds. The Hall–Kier alpha value is -0.260. The van der Waals surface area contributed by atoms with Crippen LogP contribution in [-0.4, -0.2) is 0 Å². The van der Waals surface area contributed by atoms with Crippen LogP contribution < -0.4 is 0 Å². The highest BCUT2D eigenvalue weighted by molar-refractivity contribution is 5.26. The van der Waals surface area contributed by atoms with E-state index in [1.807, 2.05) is 0 Å². The van der Waals surface area contributed by atoms with E-state index in [9.17, 15) is 0 Å². The van der Waals surface area contributed by atoms with Gasteiger partial charge in [0.1, 0.15) is 0 Å². The van der Waals surface area contributed by atoms with Crippen LogP contribution in [0.4, 0.5) is 0 Å². The molecule has 0 saturated heterocycles. The second kappa shape index (κ2) is 1.87. The molecule has 3 atom stereocenters. The molecule has 0 heterocycles. The second-order valence-electron chi connectivity index (χ2n) is 4.12. The van der Waals surface area contributed by atoms with Gasteiger partial charge in [0.25, 0.3) is 0 Å². The minimum atomic E-state index is 0.963. The van der Waals surface area contributed by atoms with Gasteiger partial charge < -0.3 is 0 Å². The van der Waals surface area contributed by atoms with Gasteiger partial charge in [0.15, 0.2) is 0 Å². The Morgan fingerprint density at radius 2 is 1.80 bits per heavy atom. The zero-order chi connectivity index (χ0) is 7.30. The van der Waals surface area contributed by atoms with Gasteiger partial charge in [0.05, 0.1) is 0 Å². The highest BCUT2D eigenvalue weighted by Crippen LogP contribution is 2.51. The lowest BCUT2D eigenvalue weighted by Crippen LogP contribution is -2.08. The summed E-state index contributed by atoms with van der Waals surface area (Å²) in [6.07, 6.45) is 2.94. The van der Waals surface area contributed by atoms with Crippen LogP contribution in [0.15, 0.2) is 11.1 Å². The molecule has 2 bridgehead atoms. The van der Waals surface area contributed by atoms with Crippen molar-refractivity contribution >= 4 is 0 Å². The molecule has 56 valence electrons. The maximum atomic E-state index is 2.40. The lowest BCUT2D eigenvalue weighted by Gasteiger charge is -2.19. The number of hydrogen-bond acceptors (Lipinski definition) is 0. The first-order valence-electron chi connectivity index (χ1n) is 4.37. The van der Waals surface area contributed by atoms with E-state index in [0.717, 1.165) is 17.8 Å². The Labute approximate surface area is 63.3 Å². The second-order valence-corrected chi connectivity index (χ2v) is 4.12. The van der Waals surface area contributed by atoms with Gasteiger partial charge in [-0.25, -0.2) is 0 Å². The van der Waals surface area contributed by atoms with E-state index in [1.54, 1.807) is 11.1 Å². The molecule has 2 aliphatic carbocycles. The molecule has 0 spiro atoms. The molecule has 0 nitrogen and oxygen atoms in total. The van der Waals surface area contributed by atoms with E-state index in [4.69, 9.17) is 0 Å². The van der Waals surface area contributed by atoms with Gasteiger partial charge in [-0.15, -0.1) is 0 Å². The molecule has 3 unspecified atom stereocenters. The molecular weight excluding hydrogens is 120 g/mol. The van der Waals surface area contributed by atoms with Crippen molar-refractivity contribution in [2.75, 3.05) is 0 Å². The molecule has 0 N–H and O–H groups in total. The molecular formula is C10H16. The maximum Gasteiger partial charge on any atom is -0.0172 e. The van der Waals surface area contributed by atoms with Gasteiger partial charge in [-0.2, -0.15) is 0 Å². The molecule has 1 fully saturated rings. The quantitative estimate of drug-likeness (QED) is 0.449. The first-order valence-corrected chi connectivity index (χ1v) is 4.37. The molecule has 0 aromatic carbocycles. The minimum Gasteiger partial charge on any atom is -0.0710 e. The highest BCUT2D eigenvalue weighted by Gasteiger charge is 2.39. The van der Waals surface area contributed by atoms with E-state index in [1.165, 1.54) is 12.8 Å². The standard InChI is InChI=1S/C10H16/c1-6-4-9-5-10(6)8(3)7(9)2/h6,9-10H,4-5H2,1-3H3. The third-order valence-electron chi connectivity index (χ3n) is 3.67. The number of allylic oxidation sites excluding steroid dienone is 2. The van der Waals surface area contributed by atoms with Gasteiger partial charge in [-0.1, -0.05) is 18.1 Å². The summed E-state index contributed by atoms with van der Waals surface area (Å²) in [7, 11) is 0. The number of hydrogen-bond donors (Lipinski definition) is 0. The molecule has 0 radical (unpaired) electrons. The van der Waals surface area contributed by atoms with Gasteiger partial charge in [-0.05, 0) is 44.4 Å². The summed E-state index contributed by atoms with van der Waals surface area (Å²) in [5.74, 6) is 2.92. The molecule has 2 rings (SSSR count). The fourth-order valence-corrected chi connectivity index (χ4v) is 2.82. The van der Waals surface area contributed by atoms with Crippen LogP contribution in [0.2, 0.25) is 0 Å². The summed E-state index contributed by atoms with van der Waals surface area (Å²) < 4.78 is 0. The Morgan fingerprint density at radius 1 is 1.10 bits per heavy atom. The van der Waals surface area contributed by atoms with Crippen molar-refractivity contribution in [3.05, 3.63) is 11.1 Å². The fourth-order valence-electron chi connectivity index (χ4n) is 2.82. The summed E-state index contributed by atoms with van der Waals surface area (Å²) in [4.78, 5) is 0. The van der Waals surface area contributed by atoms with E-state index < -0.39 is 0 Å². The van der Waals surface area contributed by atoms with E-state index in [0.29, 0.717) is 0 Å². The van der Waals surface area contributed by atoms with E-state index >= 15 is 0 Å². The van der Waals surface area contributed by atoms with Crippen LogP contribution in [0, 0.1) is 17.8 Å². The molecule has 0 aromatic rings. The van der Waals surface area contributed by atoms with Gasteiger partial charge in [0.2, 0.25) is 0 Å². The highest BCUT2D eigenvalue weighted by atomic mass is 14.4. The summed E-state index contributed by atoms with van der Waals surface area (Å²) in [5.41, 5.74) is 3.42. The lowest BCUT2D eigenvalue weighted by atomic mass is 9.86. The topological polar surface area (TPSA) is 0 Å². The third-order valence-corrected chi connectivity index (χ3v) is 3.67. The van der Waals surface area contributed by atoms with E-state index in [-0.39, 0.29) is 0 Å². The average molecular weight is 136 g/mol. The predicted molar refractivity (Wildman–Crippen MR) is 43.8 cm³/mol. The molecule has 0 heteroatoms. The van der Waals surface area contributed by atoms with Gasteiger partial charge in [-0.3, -0.25) is 0 Å². The normalized spacial score (nSPS) is 45.3. The minimum absolute atomic E-state index is 0.963. The van der Waals surface area contributed by atoms with Crippen molar-refractivity contribution < 1.29 is 0 Å². The molecule has 0 aliphatic heterocycles. The first kappa shape index (κ1) is 6.45. The van der Waals surface area contributed by atoms with Gasteiger partial charge >= 0.3 is 0 Å². The van der Waals surface area contributed by atoms with Crippen LogP contribution in [0.3, 0.4) is 0 Å². The van der Waals surface area contributed by atoms with Crippen LogP contribution in [0.5, 0.6) is 0 Å². The summed E-state index contributed by atoms with van der Waals surface area (Å²) in [6.45, 7) is 7.06. The van der Waals surface area contributed by atoms with Crippen molar-refractivity contribution in [2.45, 2.75) is 33.6 Å². The van der Waals surface area contributed by atoms with Crippen molar-refractivity contribution in [3.8, 4) is 0 Å². The van der Waals surface area contributed by atoms with Crippen LogP contribution in [-0.2, 0) is 0 Å². The van der Waals surface area contributed by atoms with Crippen LogP contribution in [0.1, 0.15) is 33.6 Å². The molecule has 0 aromatic heterocycles. The summed E-state index contributed by atoms with van der Waals surface area (Å²) in [5, 5.41) is 0. The van der Waals surface area contributed by atoms with Crippen molar-refractivity contribution in [2.24, 2.45) is 17.8 Å². The number of fused-ring (bicyclic) bond motifs is 2. The molecule has 10 heavy (non-hydrogen) atoms. The largest absolute Gasteiger partial charge is 0.0710 e. The Balaban J connectivity index is 2.34.